The number of amides is 2. The predicted molar refractivity (Wildman–Crippen MR) is 102 cm³/mol. The van der Waals surface area contributed by atoms with Crippen molar-refractivity contribution in [1.29, 1.82) is 0 Å². The molecular formula is C18H23N3O4S. The number of para-hydroxylation sites is 1. The van der Waals surface area contributed by atoms with Crippen molar-refractivity contribution in [1.82, 2.24) is 5.32 Å². The van der Waals surface area contributed by atoms with E-state index in [1.165, 1.54) is 18.9 Å². The molecule has 0 unspecified atom stereocenters. The molecule has 0 radical (unpaired) electrons. The largest absolute Gasteiger partial charge is 0.469 e. The van der Waals surface area contributed by atoms with Crippen LogP contribution in [0.3, 0.4) is 0 Å². The second-order valence-electron chi connectivity index (χ2n) is 5.79. The highest BCUT2D eigenvalue weighted by Gasteiger charge is 2.31. The van der Waals surface area contributed by atoms with E-state index in [9.17, 15) is 14.4 Å². The number of esters is 1. The lowest BCUT2D eigenvalue weighted by Crippen LogP contribution is -2.28. The number of nitrogens with zero attached hydrogens (tertiary/aromatic N) is 1. The molecule has 26 heavy (non-hydrogen) atoms. The number of carbonyl (C=O) groups excluding carboxylic acids is 3. The zero-order chi connectivity index (χ0) is 18.8. The molecule has 0 saturated carbocycles. The molecule has 1 aromatic rings. The molecule has 0 aromatic heterocycles. The number of rotatable bonds is 9. The Kier molecular flexibility index (Phi) is 8.14. The molecule has 7 nitrogen and oxygen atoms in total. The van der Waals surface area contributed by atoms with Crippen LogP contribution in [0.1, 0.15) is 32.1 Å². The highest BCUT2D eigenvalue weighted by molar-refractivity contribution is 8.15. The molecule has 8 heteroatoms. The number of methoxy groups -OCH3 is 1. The van der Waals surface area contributed by atoms with E-state index < -0.39 is 5.25 Å². The van der Waals surface area contributed by atoms with Gasteiger partial charge in [0.15, 0.2) is 5.17 Å². The minimum Gasteiger partial charge on any atom is -0.469 e. The first kappa shape index (κ1) is 20.0. The van der Waals surface area contributed by atoms with Crippen LogP contribution >= 0.6 is 11.8 Å². The number of hydrogen-bond donors (Lipinski definition) is 2. The molecule has 1 heterocycles. The van der Waals surface area contributed by atoms with E-state index in [0.717, 1.165) is 19.3 Å². The van der Waals surface area contributed by atoms with Crippen LogP contribution in [0.2, 0.25) is 0 Å². The first-order valence-corrected chi connectivity index (χ1v) is 9.40. The summed E-state index contributed by atoms with van der Waals surface area (Å²) in [5, 5.41) is 5.58. The van der Waals surface area contributed by atoms with Crippen LogP contribution in [-0.4, -0.2) is 41.9 Å². The molecule has 0 aliphatic carbocycles. The molecule has 1 aliphatic heterocycles. The van der Waals surface area contributed by atoms with Crippen LogP contribution in [0.4, 0.5) is 5.69 Å². The number of benzene rings is 1. The fourth-order valence-corrected chi connectivity index (χ4v) is 3.35. The maximum Gasteiger partial charge on any atom is 0.305 e. The van der Waals surface area contributed by atoms with Crippen molar-refractivity contribution < 1.29 is 19.1 Å². The zero-order valence-electron chi connectivity index (χ0n) is 14.7. The Balaban J connectivity index is 1.68. The van der Waals surface area contributed by atoms with Gasteiger partial charge in [-0.1, -0.05) is 36.4 Å². The summed E-state index contributed by atoms with van der Waals surface area (Å²) in [5.41, 5.74) is 0.710. The molecule has 2 amide bonds. The average molecular weight is 377 g/mol. The topological polar surface area (TPSA) is 96.9 Å². The molecule has 140 valence electrons. The van der Waals surface area contributed by atoms with Crippen LogP contribution in [0.5, 0.6) is 0 Å². The minimum atomic E-state index is -0.461. The van der Waals surface area contributed by atoms with Crippen LogP contribution in [-0.2, 0) is 19.1 Å². The van der Waals surface area contributed by atoms with Crippen molar-refractivity contribution >= 4 is 40.4 Å². The lowest BCUT2D eigenvalue weighted by molar-refractivity contribution is -0.140. The number of aliphatic imine (C=N–C) groups is 1. The molecule has 0 spiro atoms. The number of carbonyl (C=O) groups is 3. The third-order valence-electron chi connectivity index (χ3n) is 3.73. The van der Waals surface area contributed by atoms with Gasteiger partial charge in [-0.2, -0.15) is 0 Å². The molecule has 0 bridgehead atoms. The Morgan fingerprint density at radius 1 is 1.23 bits per heavy atom. The number of hydrogen-bond acceptors (Lipinski definition) is 6. The van der Waals surface area contributed by atoms with Gasteiger partial charge in [-0.25, -0.2) is 0 Å². The third-order valence-corrected chi connectivity index (χ3v) is 4.85. The average Bonchev–Trinajstić information content (AvgIpc) is 2.97. The van der Waals surface area contributed by atoms with Crippen molar-refractivity contribution in [3.8, 4) is 0 Å². The number of ether oxygens (including phenoxy) is 1. The van der Waals surface area contributed by atoms with Gasteiger partial charge in [0.05, 0.1) is 7.11 Å². The smallest absolute Gasteiger partial charge is 0.305 e. The van der Waals surface area contributed by atoms with Crippen molar-refractivity contribution in [2.24, 2.45) is 4.99 Å². The fourth-order valence-electron chi connectivity index (χ4n) is 2.36. The van der Waals surface area contributed by atoms with Gasteiger partial charge in [-0.05, 0) is 25.0 Å². The Labute approximate surface area is 157 Å². The maximum atomic E-state index is 12.1. The number of nitrogens with one attached hydrogen (secondary N) is 2. The van der Waals surface area contributed by atoms with Crippen molar-refractivity contribution in [3.63, 3.8) is 0 Å². The molecular weight excluding hydrogens is 354 g/mol. The molecule has 1 aliphatic rings. The summed E-state index contributed by atoms with van der Waals surface area (Å²) in [6.07, 6.45) is 2.98. The molecule has 1 fully saturated rings. The van der Waals surface area contributed by atoms with Gasteiger partial charge in [0.2, 0.25) is 11.8 Å². The Morgan fingerprint density at radius 3 is 2.73 bits per heavy atom. The SMILES string of the molecule is COC(=O)CCCCCN=C1NC(=O)[C@@H](CC(=O)Nc2ccccc2)S1. The minimum absolute atomic E-state index is 0.101. The van der Waals surface area contributed by atoms with Crippen LogP contribution in [0, 0.1) is 0 Å². The van der Waals surface area contributed by atoms with Gasteiger partial charge in [0.1, 0.15) is 5.25 Å². The summed E-state index contributed by atoms with van der Waals surface area (Å²) >= 11 is 1.28. The molecule has 2 rings (SSSR count). The van der Waals surface area contributed by atoms with Gasteiger partial charge in [0.25, 0.3) is 0 Å². The number of anilines is 1. The first-order chi connectivity index (χ1) is 12.6. The van der Waals surface area contributed by atoms with Gasteiger partial charge in [-0.15, -0.1) is 0 Å². The van der Waals surface area contributed by atoms with Crippen LogP contribution in [0.15, 0.2) is 35.3 Å². The van der Waals surface area contributed by atoms with Crippen molar-refractivity contribution in [3.05, 3.63) is 30.3 Å². The van der Waals surface area contributed by atoms with Gasteiger partial charge in [0, 0.05) is 25.1 Å². The van der Waals surface area contributed by atoms with E-state index in [4.69, 9.17) is 0 Å². The van der Waals surface area contributed by atoms with E-state index in [-0.39, 0.29) is 24.2 Å². The number of amidine groups is 1. The zero-order valence-corrected chi connectivity index (χ0v) is 15.5. The predicted octanol–water partition coefficient (Wildman–Crippen LogP) is 2.34. The highest BCUT2D eigenvalue weighted by atomic mass is 32.2. The second kappa shape index (κ2) is 10.6. The van der Waals surface area contributed by atoms with Gasteiger partial charge in [-0.3, -0.25) is 19.4 Å². The van der Waals surface area contributed by atoms with Crippen LogP contribution < -0.4 is 10.6 Å². The second-order valence-corrected chi connectivity index (χ2v) is 6.98. The van der Waals surface area contributed by atoms with Crippen molar-refractivity contribution in [2.75, 3.05) is 19.0 Å². The highest BCUT2D eigenvalue weighted by Crippen LogP contribution is 2.23. The number of thioether (sulfide) groups is 1. The maximum absolute atomic E-state index is 12.1. The molecule has 1 saturated heterocycles. The van der Waals surface area contributed by atoms with E-state index in [1.54, 1.807) is 12.1 Å². The summed E-state index contributed by atoms with van der Waals surface area (Å²) < 4.78 is 4.58. The Hall–Kier alpha value is -2.35. The molecule has 2 N–H and O–H groups in total. The summed E-state index contributed by atoms with van der Waals surface area (Å²) in [5.74, 6) is -0.595. The van der Waals surface area contributed by atoms with E-state index >= 15 is 0 Å². The van der Waals surface area contributed by atoms with E-state index in [1.807, 2.05) is 18.2 Å². The van der Waals surface area contributed by atoms with E-state index in [2.05, 4.69) is 20.4 Å². The van der Waals surface area contributed by atoms with Crippen molar-refractivity contribution in [2.45, 2.75) is 37.4 Å². The van der Waals surface area contributed by atoms with Gasteiger partial charge >= 0.3 is 5.97 Å². The first-order valence-electron chi connectivity index (χ1n) is 8.52. The monoisotopic (exact) mass is 377 g/mol. The Bertz CT molecular complexity index is 664. The third kappa shape index (κ3) is 6.87. The van der Waals surface area contributed by atoms with Crippen LogP contribution in [0.25, 0.3) is 0 Å². The summed E-state index contributed by atoms with van der Waals surface area (Å²) in [4.78, 5) is 39.4. The quantitative estimate of drug-likeness (QED) is 0.509. The summed E-state index contributed by atoms with van der Waals surface area (Å²) in [6.45, 7) is 0.576. The summed E-state index contributed by atoms with van der Waals surface area (Å²) in [6, 6.07) is 9.14. The number of unbranched alkanes of at least 4 members (excludes halogenated alkanes) is 2. The standard InChI is InChI=1S/C18H23N3O4S/c1-25-16(23)10-6-3-7-11-19-18-21-17(24)14(26-18)12-15(22)20-13-8-4-2-5-9-13/h2,4-5,8-9,14H,3,6-7,10-12H2,1H3,(H,20,22)(H,19,21,24)/t14-/m1/s1. The normalized spacial score (nSPS) is 17.8. The molecule has 1 atom stereocenters. The molecule has 1 aromatic carbocycles. The fraction of sp³-hybridized carbons (Fsp3) is 0.444. The Morgan fingerprint density at radius 2 is 2.00 bits per heavy atom. The lowest BCUT2D eigenvalue weighted by Gasteiger charge is -2.07. The van der Waals surface area contributed by atoms with E-state index in [0.29, 0.717) is 23.8 Å². The lowest BCUT2D eigenvalue weighted by atomic mass is 10.2. The van der Waals surface area contributed by atoms with Gasteiger partial charge < -0.3 is 15.4 Å². The summed E-state index contributed by atoms with van der Waals surface area (Å²) in [7, 11) is 1.38.